The van der Waals surface area contributed by atoms with Crippen molar-refractivity contribution in [2.45, 2.75) is 56.7 Å². The Kier molecular flexibility index (Phi) is 5.56. The maximum Gasteiger partial charge on any atom is 0.257 e. The molecule has 2 saturated heterocycles. The van der Waals surface area contributed by atoms with Crippen LogP contribution in [-0.2, 0) is 18.3 Å². The summed E-state index contributed by atoms with van der Waals surface area (Å²) in [6.45, 7) is 0. The molecule has 2 fully saturated rings. The van der Waals surface area contributed by atoms with E-state index in [-0.39, 0.29) is 29.9 Å². The first-order valence-electron chi connectivity index (χ1n) is 10.3. The summed E-state index contributed by atoms with van der Waals surface area (Å²) in [5.74, 6) is 0.912. The van der Waals surface area contributed by atoms with E-state index in [1.165, 1.54) is 0 Å². The minimum atomic E-state index is -0.000987. The number of aryl methyl sites for hydroxylation is 1. The number of fused-ring (bicyclic) bond motifs is 1. The summed E-state index contributed by atoms with van der Waals surface area (Å²) in [4.78, 5) is 27.7. The third-order valence-corrected chi connectivity index (χ3v) is 6.06. The van der Waals surface area contributed by atoms with Gasteiger partial charge in [0.05, 0.1) is 31.0 Å². The molecule has 0 spiro atoms. The Labute approximate surface area is 171 Å². The van der Waals surface area contributed by atoms with Crippen LogP contribution in [0.4, 0.5) is 0 Å². The van der Waals surface area contributed by atoms with E-state index in [4.69, 9.17) is 4.74 Å². The number of carbonyl (C=O) groups is 2. The summed E-state index contributed by atoms with van der Waals surface area (Å²) in [5, 5.41) is 7.36. The number of nitrogens with one attached hydrogen (secondary N) is 1. The topological polar surface area (TPSA) is 76.5 Å². The lowest BCUT2D eigenvalue weighted by atomic mass is 9.97. The van der Waals surface area contributed by atoms with E-state index in [2.05, 4.69) is 10.4 Å². The van der Waals surface area contributed by atoms with E-state index < -0.39 is 0 Å². The van der Waals surface area contributed by atoms with Gasteiger partial charge in [0.25, 0.3) is 5.91 Å². The van der Waals surface area contributed by atoms with E-state index in [1.54, 1.807) is 24.2 Å². The van der Waals surface area contributed by atoms with E-state index in [1.807, 2.05) is 36.2 Å². The number of ether oxygens (including phenoxy) is 1. The Morgan fingerprint density at radius 3 is 2.76 bits per heavy atom. The Morgan fingerprint density at radius 2 is 2.07 bits per heavy atom. The molecular weight excluding hydrogens is 368 g/mol. The first kappa shape index (κ1) is 19.5. The second-order valence-electron chi connectivity index (χ2n) is 8.04. The van der Waals surface area contributed by atoms with E-state index in [0.29, 0.717) is 12.0 Å². The van der Waals surface area contributed by atoms with Gasteiger partial charge in [-0.25, -0.2) is 0 Å². The molecule has 4 rings (SSSR count). The molecule has 0 radical (unpaired) electrons. The van der Waals surface area contributed by atoms with Crippen molar-refractivity contribution in [3.05, 3.63) is 47.8 Å². The number of benzene rings is 1. The standard InChI is InChI=1S/C22H28N4O3/c1-25-14-16(13-23-25)22(28)26-17(11-15-7-9-18(29-2)10-8-15)12-19-20(26)5-3-4-6-21(27)24-19/h7-10,13-14,17,19-20H,3-6,11-12H2,1-2H3,(H,24,27)/t17-,19+,20-/m1/s1. The van der Waals surface area contributed by atoms with Crippen molar-refractivity contribution in [1.82, 2.24) is 20.0 Å². The average molecular weight is 396 g/mol. The molecule has 1 N–H and O–H groups in total. The predicted octanol–water partition coefficient (Wildman–Crippen LogP) is 2.31. The van der Waals surface area contributed by atoms with Gasteiger partial charge in [0.15, 0.2) is 0 Å². The average Bonchev–Trinajstić information content (AvgIpc) is 3.27. The lowest BCUT2D eigenvalue weighted by Gasteiger charge is -2.33. The van der Waals surface area contributed by atoms with Gasteiger partial charge in [0.2, 0.25) is 5.91 Å². The minimum absolute atomic E-state index is 0.000987. The Morgan fingerprint density at radius 1 is 1.28 bits per heavy atom. The molecule has 2 aliphatic heterocycles. The lowest BCUT2D eigenvalue weighted by molar-refractivity contribution is -0.122. The molecule has 2 amide bonds. The lowest BCUT2D eigenvalue weighted by Crippen LogP contribution is -2.49. The van der Waals surface area contributed by atoms with Crippen molar-refractivity contribution in [1.29, 1.82) is 0 Å². The summed E-state index contributed by atoms with van der Waals surface area (Å²) in [7, 11) is 3.47. The van der Waals surface area contributed by atoms with Crippen LogP contribution in [0.15, 0.2) is 36.7 Å². The van der Waals surface area contributed by atoms with Crippen LogP contribution in [0.25, 0.3) is 0 Å². The molecule has 0 unspecified atom stereocenters. The molecule has 2 aliphatic rings. The fraction of sp³-hybridized carbons (Fsp3) is 0.500. The second kappa shape index (κ2) is 8.27. The van der Waals surface area contributed by atoms with Crippen molar-refractivity contribution < 1.29 is 14.3 Å². The van der Waals surface area contributed by atoms with Crippen LogP contribution in [0.3, 0.4) is 0 Å². The van der Waals surface area contributed by atoms with Crippen molar-refractivity contribution >= 4 is 11.8 Å². The molecular formula is C22H28N4O3. The maximum atomic E-state index is 13.4. The molecule has 0 aliphatic carbocycles. The number of likely N-dealkylation sites (tertiary alicyclic amines) is 1. The first-order valence-corrected chi connectivity index (χ1v) is 10.3. The van der Waals surface area contributed by atoms with Gasteiger partial charge in [-0.3, -0.25) is 14.3 Å². The van der Waals surface area contributed by atoms with Crippen LogP contribution in [0, 0.1) is 0 Å². The van der Waals surface area contributed by atoms with Crippen LogP contribution >= 0.6 is 0 Å². The quantitative estimate of drug-likeness (QED) is 0.861. The predicted molar refractivity (Wildman–Crippen MR) is 109 cm³/mol. The second-order valence-corrected chi connectivity index (χ2v) is 8.04. The molecule has 1 aromatic carbocycles. The Bertz CT molecular complexity index is 876. The molecule has 0 bridgehead atoms. The van der Waals surface area contributed by atoms with Gasteiger partial charge in [0, 0.05) is 25.7 Å². The molecule has 0 saturated carbocycles. The molecule has 1 aromatic heterocycles. The SMILES string of the molecule is COc1ccc(C[C@@H]2C[C@@H]3NC(=O)CCCC[C@H]3N2C(=O)c2cnn(C)c2)cc1. The third-order valence-electron chi connectivity index (χ3n) is 6.06. The summed E-state index contributed by atoms with van der Waals surface area (Å²) in [6, 6.07) is 8.05. The summed E-state index contributed by atoms with van der Waals surface area (Å²) in [6.07, 6.45) is 8.23. The number of hydrogen-bond donors (Lipinski definition) is 1. The van der Waals surface area contributed by atoms with Crippen LogP contribution in [0.1, 0.15) is 48.0 Å². The molecule has 7 heteroatoms. The smallest absolute Gasteiger partial charge is 0.257 e. The summed E-state index contributed by atoms with van der Waals surface area (Å²) >= 11 is 0. The fourth-order valence-electron chi connectivity index (χ4n) is 4.65. The fourth-order valence-corrected chi connectivity index (χ4v) is 4.65. The van der Waals surface area contributed by atoms with Crippen LogP contribution in [0.2, 0.25) is 0 Å². The largest absolute Gasteiger partial charge is 0.497 e. The van der Waals surface area contributed by atoms with E-state index in [9.17, 15) is 9.59 Å². The maximum absolute atomic E-state index is 13.4. The Balaban J connectivity index is 1.62. The number of aromatic nitrogens is 2. The number of carbonyl (C=O) groups excluding carboxylic acids is 2. The van der Waals surface area contributed by atoms with Gasteiger partial charge < -0.3 is 15.0 Å². The van der Waals surface area contributed by atoms with Gasteiger partial charge >= 0.3 is 0 Å². The van der Waals surface area contributed by atoms with E-state index >= 15 is 0 Å². The minimum Gasteiger partial charge on any atom is -0.497 e. The number of hydrogen-bond acceptors (Lipinski definition) is 4. The first-order chi connectivity index (χ1) is 14.0. The van der Waals surface area contributed by atoms with Crippen molar-refractivity contribution in [2.75, 3.05) is 7.11 Å². The van der Waals surface area contributed by atoms with Gasteiger partial charge in [-0.15, -0.1) is 0 Å². The summed E-state index contributed by atoms with van der Waals surface area (Å²) < 4.78 is 6.91. The number of methoxy groups -OCH3 is 1. The molecule has 3 heterocycles. The van der Waals surface area contributed by atoms with Crippen molar-refractivity contribution in [2.24, 2.45) is 7.05 Å². The monoisotopic (exact) mass is 396 g/mol. The number of rotatable bonds is 4. The van der Waals surface area contributed by atoms with Gasteiger partial charge in [-0.05, 0) is 43.4 Å². The Hall–Kier alpha value is -2.83. The molecule has 154 valence electrons. The van der Waals surface area contributed by atoms with Gasteiger partial charge in [-0.2, -0.15) is 5.10 Å². The summed E-state index contributed by atoms with van der Waals surface area (Å²) in [5.41, 5.74) is 1.75. The highest BCUT2D eigenvalue weighted by Gasteiger charge is 2.44. The highest BCUT2D eigenvalue weighted by Crippen LogP contribution is 2.33. The van der Waals surface area contributed by atoms with Crippen LogP contribution in [-0.4, -0.2) is 51.7 Å². The van der Waals surface area contributed by atoms with Gasteiger partial charge in [-0.1, -0.05) is 18.6 Å². The zero-order valence-electron chi connectivity index (χ0n) is 17.0. The number of amides is 2. The van der Waals surface area contributed by atoms with Crippen molar-refractivity contribution in [3.63, 3.8) is 0 Å². The normalized spacial score (nSPS) is 24.4. The highest BCUT2D eigenvalue weighted by atomic mass is 16.5. The highest BCUT2D eigenvalue weighted by molar-refractivity contribution is 5.94. The molecule has 29 heavy (non-hydrogen) atoms. The van der Waals surface area contributed by atoms with Crippen LogP contribution < -0.4 is 10.1 Å². The molecule has 7 nitrogen and oxygen atoms in total. The zero-order chi connectivity index (χ0) is 20.4. The molecule has 3 atom stereocenters. The van der Waals surface area contributed by atoms with Crippen LogP contribution in [0.5, 0.6) is 5.75 Å². The van der Waals surface area contributed by atoms with Crippen molar-refractivity contribution in [3.8, 4) is 5.75 Å². The number of nitrogens with zero attached hydrogens (tertiary/aromatic N) is 3. The van der Waals surface area contributed by atoms with Gasteiger partial charge in [0.1, 0.15) is 5.75 Å². The third kappa shape index (κ3) is 4.13. The zero-order valence-corrected chi connectivity index (χ0v) is 17.0. The molecule has 2 aromatic rings. The van der Waals surface area contributed by atoms with E-state index in [0.717, 1.165) is 43.4 Å².